The molecule has 0 saturated carbocycles. The molecule has 0 aliphatic heterocycles. The van der Waals surface area contributed by atoms with Gasteiger partial charge in [0, 0.05) is 0 Å². The molecule has 1 aromatic heterocycles. The number of aromatic carboxylic acids is 1. The predicted molar refractivity (Wildman–Crippen MR) is 47.5 cm³/mol. The Labute approximate surface area is 92.8 Å². The highest BCUT2D eigenvalue weighted by atomic mass is 19.4. The number of pyridine rings is 1. The fourth-order valence-corrected chi connectivity index (χ4v) is 1.04. The van der Waals surface area contributed by atoms with E-state index in [9.17, 15) is 22.8 Å². The number of carboxylic acids is 1. The molecule has 0 fully saturated rings. The maximum absolute atomic E-state index is 12.3. The average molecular weight is 249 g/mol. The maximum Gasteiger partial charge on any atom is 0.433 e. The number of carboxylic acid groups (broad SMARTS) is 1. The van der Waals surface area contributed by atoms with Gasteiger partial charge >= 0.3 is 18.1 Å². The Kier molecular flexibility index (Phi) is 3.35. The lowest BCUT2D eigenvalue weighted by molar-refractivity contribution is -0.141. The number of hydrogen-bond acceptors (Lipinski definition) is 4. The predicted octanol–water partition coefficient (Wildman–Crippen LogP) is 1.59. The van der Waals surface area contributed by atoms with Crippen molar-refractivity contribution >= 4 is 11.9 Å². The van der Waals surface area contributed by atoms with Gasteiger partial charge in [0.1, 0.15) is 5.69 Å². The largest absolute Gasteiger partial charge is 0.478 e. The van der Waals surface area contributed by atoms with E-state index in [-0.39, 0.29) is 0 Å². The second-order valence-corrected chi connectivity index (χ2v) is 2.89. The Morgan fingerprint density at radius 2 is 1.94 bits per heavy atom. The monoisotopic (exact) mass is 249 g/mol. The fourth-order valence-electron chi connectivity index (χ4n) is 1.04. The third-order valence-electron chi connectivity index (χ3n) is 1.79. The van der Waals surface area contributed by atoms with E-state index in [2.05, 4.69) is 9.72 Å². The van der Waals surface area contributed by atoms with Crippen LogP contribution < -0.4 is 0 Å². The minimum Gasteiger partial charge on any atom is -0.478 e. The van der Waals surface area contributed by atoms with E-state index in [1.54, 1.807) is 0 Å². The summed E-state index contributed by atoms with van der Waals surface area (Å²) in [5.41, 5.74) is -2.89. The summed E-state index contributed by atoms with van der Waals surface area (Å²) in [5, 5.41) is 8.67. The summed E-state index contributed by atoms with van der Waals surface area (Å²) in [7, 11) is 0.913. The number of nitrogens with zero attached hydrogens (tertiary/aromatic N) is 1. The highest BCUT2D eigenvalue weighted by Gasteiger charge is 2.34. The fraction of sp³-hybridized carbons (Fsp3) is 0.222. The number of esters is 1. The van der Waals surface area contributed by atoms with Gasteiger partial charge in [-0.05, 0) is 12.1 Å². The van der Waals surface area contributed by atoms with Crippen LogP contribution in [0.2, 0.25) is 0 Å². The van der Waals surface area contributed by atoms with Crippen LogP contribution in [0.15, 0.2) is 12.1 Å². The van der Waals surface area contributed by atoms with Gasteiger partial charge in [-0.1, -0.05) is 0 Å². The molecule has 17 heavy (non-hydrogen) atoms. The van der Waals surface area contributed by atoms with Crippen molar-refractivity contribution in [2.75, 3.05) is 7.11 Å². The van der Waals surface area contributed by atoms with E-state index in [1.165, 1.54) is 0 Å². The van der Waals surface area contributed by atoms with Crippen LogP contribution in [0.25, 0.3) is 0 Å². The van der Waals surface area contributed by atoms with Crippen LogP contribution in [-0.4, -0.2) is 29.1 Å². The van der Waals surface area contributed by atoms with Gasteiger partial charge < -0.3 is 9.84 Å². The number of carbonyl (C=O) groups excluding carboxylic acids is 1. The van der Waals surface area contributed by atoms with E-state index in [1.807, 2.05) is 0 Å². The molecule has 0 radical (unpaired) electrons. The van der Waals surface area contributed by atoms with Crippen molar-refractivity contribution < 1.29 is 32.6 Å². The van der Waals surface area contributed by atoms with Crippen molar-refractivity contribution in [1.82, 2.24) is 4.98 Å². The highest BCUT2D eigenvalue weighted by molar-refractivity contribution is 6.00. The average Bonchev–Trinajstić information content (AvgIpc) is 2.25. The first-order valence-electron chi connectivity index (χ1n) is 4.17. The molecule has 1 rings (SSSR count). The Morgan fingerprint density at radius 1 is 1.35 bits per heavy atom. The summed E-state index contributed by atoms with van der Waals surface area (Å²) < 4.78 is 41.1. The number of carbonyl (C=O) groups is 2. The van der Waals surface area contributed by atoms with Gasteiger partial charge in [-0.2, -0.15) is 13.2 Å². The third-order valence-corrected chi connectivity index (χ3v) is 1.79. The molecule has 5 nitrogen and oxygen atoms in total. The molecule has 0 unspecified atom stereocenters. The Morgan fingerprint density at radius 3 is 2.35 bits per heavy atom. The Hall–Kier alpha value is -2.12. The molecular weight excluding hydrogens is 243 g/mol. The smallest absolute Gasteiger partial charge is 0.433 e. The zero-order valence-electron chi connectivity index (χ0n) is 8.41. The molecule has 92 valence electrons. The van der Waals surface area contributed by atoms with Gasteiger partial charge in [-0.25, -0.2) is 14.6 Å². The van der Waals surface area contributed by atoms with Gasteiger partial charge in [-0.3, -0.25) is 0 Å². The summed E-state index contributed by atoms with van der Waals surface area (Å²) in [6, 6.07) is 1.14. The van der Waals surface area contributed by atoms with Crippen LogP contribution >= 0.6 is 0 Å². The summed E-state index contributed by atoms with van der Waals surface area (Å²) in [5.74, 6) is -2.81. The van der Waals surface area contributed by atoms with Crippen molar-refractivity contribution in [2.45, 2.75) is 6.18 Å². The first-order chi connectivity index (χ1) is 7.77. The summed E-state index contributed by atoms with van der Waals surface area (Å²) in [6.45, 7) is 0. The molecule has 0 spiro atoms. The molecule has 8 heteroatoms. The molecular formula is C9H6F3NO4. The molecule has 1 N–H and O–H groups in total. The third kappa shape index (κ3) is 2.71. The Bertz CT molecular complexity index is 470. The zero-order valence-corrected chi connectivity index (χ0v) is 8.41. The van der Waals surface area contributed by atoms with Crippen LogP contribution in [0.1, 0.15) is 26.5 Å². The van der Waals surface area contributed by atoms with Crippen molar-refractivity contribution in [1.29, 1.82) is 0 Å². The number of alkyl halides is 3. The van der Waals surface area contributed by atoms with E-state index in [4.69, 9.17) is 5.11 Å². The number of hydrogen-bond donors (Lipinski definition) is 1. The van der Waals surface area contributed by atoms with Crippen molar-refractivity contribution in [3.8, 4) is 0 Å². The number of rotatable bonds is 2. The van der Waals surface area contributed by atoms with E-state index >= 15 is 0 Å². The first-order valence-corrected chi connectivity index (χ1v) is 4.17. The molecule has 0 bridgehead atoms. The first kappa shape index (κ1) is 12.9. The number of ether oxygens (including phenoxy) is 1. The van der Waals surface area contributed by atoms with Gasteiger partial charge in [0.05, 0.1) is 12.7 Å². The summed E-state index contributed by atoms with van der Waals surface area (Å²) in [4.78, 5) is 24.7. The minimum absolute atomic E-state index is 0.482. The summed E-state index contributed by atoms with van der Waals surface area (Å²) in [6.07, 6.45) is -4.76. The second-order valence-electron chi connectivity index (χ2n) is 2.89. The highest BCUT2D eigenvalue weighted by Crippen LogP contribution is 2.28. The van der Waals surface area contributed by atoms with Gasteiger partial charge in [0.2, 0.25) is 0 Å². The maximum atomic E-state index is 12.3. The van der Waals surface area contributed by atoms with Crippen molar-refractivity contribution in [2.24, 2.45) is 0 Å². The number of methoxy groups -OCH3 is 1. The van der Waals surface area contributed by atoms with Crippen molar-refractivity contribution in [3.63, 3.8) is 0 Å². The quantitative estimate of drug-likeness (QED) is 0.805. The topological polar surface area (TPSA) is 76.5 Å². The molecule has 1 aromatic rings. The van der Waals surface area contributed by atoms with E-state index in [0.29, 0.717) is 12.1 Å². The SMILES string of the molecule is COC(=O)c1nc(C(F)(F)F)ccc1C(=O)O. The summed E-state index contributed by atoms with van der Waals surface area (Å²) >= 11 is 0. The lowest BCUT2D eigenvalue weighted by atomic mass is 10.1. The van der Waals surface area contributed by atoms with Crippen LogP contribution in [0.5, 0.6) is 0 Å². The number of halogens is 3. The van der Waals surface area contributed by atoms with E-state index < -0.39 is 35.1 Å². The lowest BCUT2D eigenvalue weighted by Crippen LogP contribution is -2.17. The molecule has 0 aliphatic carbocycles. The van der Waals surface area contributed by atoms with Crippen LogP contribution in [0, 0.1) is 0 Å². The lowest BCUT2D eigenvalue weighted by Gasteiger charge is -2.08. The molecule has 1 heterocycles. The standard InChI is InChI=1S/C9H6F3NO4/c1-17-8(16)6-4(7(14)15)2-3-5(13-6)9(10,11)12/h2-3H,1H3,(H,14,15). The molecule has 0 atom stereocenters. The van der Waals surface area contributed by atoms with Gasteiger partial charge in [-0.15, -0.1) is 0 Å². The van der Waals surface area contributed by atoms with E-state index in [0.717, 1.165) is 7.11 Å². The van der Waals surface area contributed by atoms with Crippen molar-refractivity contribution in [3.05, 3.63) is 29.1 Å². The van der Waals surface area contributed by atoms with Crippen LogP contribution in [-0.2, 0) is 10.9 Å². The molecule has 0 amide bonds. The second kappa shape index (κ2) is 4.40. The molecule has 0 saturated heterocycles. The van der Waals surface area contributed by atoms with Crippen LogP contribution in [0.4, 0.5) is 13.2 Å². The van der Waals surface area contributed by atoms with Gasteiger partial charge in [0.25, 0.3) is 0 Å². The molecule has 0 aliphatic rings. The molecule has 0 aromatic carbocycles. The van der Waals surface area contributed by atoms with Gasteiger partial charge in [0.15, 0.2) is 5.69 Å². The number of aromatic nitrogens is 1. The minimum atomic E-state index is -4.76. The Balaban J connectivity index is 3.39. The zero-order chi connectivity index (χ0) is 13.2. The normalized spacial score (nSPS) is 11.1. The van der Waals surface area contributed by atoms with Crippen LogP contribution in [0.3, 0.4) is 0 Å².